The van der Waals surface area contributed by atoms with Gasteiger partial charge in [0.1, 0.15) is 12.1 Å². The van der Waals surface area contributed by atoms with Crippen molar-refractivity contribution in [1.29, 1.82) is 0 Å². The van der Waals surface area contributed by atoms with Crippen molar-refractivity contribution in [3.05, 3.63) is 48.9 Å². The second kappa shape index (κ2) is 9.01. The predicted molar refractivity (Wildman–Crippen MR) is 123 cm³/mol. The molecule has 0 unspecified atom stereocenters. The molecule has 1 aliphatic heterocycles. The average molecular weight is 427 g/mol. The first kappa shape index (κ1) is 19.9. The molecule has 0 spiro atoms. The van der Waals surface area contributed by atoms with Crippen molar-refractivity contribution in [3.63, 3.8) is 0 Å². The molecule has 4 aromatic rings. The Hall–Kier alpha value is -4.00. The number of hydrogen-bond acceptors (Lipinski definition) is 7. The first-order valence-electron chi connectivity index (χ1n) is 10.3. The fourth-order valence-electron chi connectivity index (χ4n) is 3.54. The molecule has 9 nitrogen and oxygen atoms in total. The van der Waals surface area contributed by atoms with Crippen LogP contribution in [0.5, 0.6) is 0 Å². The molecule has 160 valence electrons. The number of hydrogen-bond donors (Lipinski definition) is 3. The van der Waals surface area contributed by atoms with Gasteiger partial charge in [-0.25, -0.2) is 9.97 Å². The number of nitrogens with zero attached hydrogens (tertiary/aromatic N) is 4. The maximum atomic E-state index is 12.3. The van der Waals surface area contributed by atoms with Gasteiger partial charge in [0.25, 0.3) is 5.91 Å². The summed E-state index contributed by atoms with van der Waals surface area (Å²) < 4.78 is 5.31. The number of benzene rings is 2. The number of rotatable bonds is 4. The number of carbonyl (C=O) groups excluding carboxylic acids is 1. The van der Waals surface area contributed by atoms with E-state index in [4.69, 9.17) is 4.74 Å². The molecule has 0 aliphatic carbocycles. The maximum Gasteiger partial charge on any atom is 0.300 e. The van der Waals surface area contributed by atoms with E-state index in [0.717, 1.165) is 40.6 Å². The van der Waals surface area contributed by atoms with E-state index in [2.05, 4.69) is 47.5 Å². The maximum absolute atomic E-state index is 12.3. The highest BCUT2D eigenvalue weighted by Gasteiger charge is 2.09. The van der Waals surface area contributed by atoms with Crippen molar-refractivity contribution in [2.24, 2.45) is 0 Å². The lowest BCUT2D eigenvalue weighted by Gasteiger charge is -2.24. The van der Waals surface area contributed by atoms with Crippen LogP contribution in [0, 0.1) is 11.8 Å². The van der Waals surface area contributed by atoms with Gasteiger partial charge in [-0.05, 0) is 42.3 Å². The van der Waals surface area contributed by atoms with Crippen molar-refractivity contribution in [3.8, 4) is 11.8 Å². The smallest absolute Gasteiger partial charge is 0.300 e. The normalized spacial score (nSPS) is 14.1. The lowest BCUT2D eigenvalue weighted by Crippen LogP contribution is -2.36. The summed E-state index contributed by atoms with van der Waals surface area (Å²) in [7, 11) is 0. The van der Waals surface area contributed by atoms with E-state index in [-0.39, 0.29) is 5.91 Å². The van der Waals surface area contributed by atoms with E-state index in [9.17, 15) is 4.79 Å². The van der Waals surface area contributed by atoms with E-state index in [0.29, 0.717) is 31.3 Å². The number of amides is 1. The Morgan fingerprint density at radius 3 is 2.91 bits per heavy atom. The molecule has 0 atom stereocenters. The number of anilines is 3. The fourth-order valence-corrected chi connectivity index (χ4v) is 3.54. The first-order valence-corrected chi connectivity index (χ1v) is 10.3. The standard InChI is InChI=1S/C23H21N7O2/c31-22(2-1-7-30-8-10-32-11-9-30)27-18-4-6-21-19(13-18)23(25-15-24-21)28-17-3-5-20-16(12-17)14-26-29-20/h3-6,12-15H,7-11H2,(H,26,29)(H,27,31)(H,24,25,28). The van der Waals surface area contributed by atoms with Gasteiger partial charge in [-0.15, -0.1) is 0 Å². The van der Waals surface area contributed by atoms with Gasteiger partial charge in [0.2, 0.25) is 0 Å². The van der Waals surface area contributed by atoms with Crippen LogP contribution in [0.1, 0.15) is 0 Å². The second-order valence-electron chi connectivity index (χ2n) is 7.40. The van der Waals surface area contributed by atoms with Gasteiger partial charge in [-0.2, -0.15) is 5.10 Å². The second-order valence-corrected chi connectivity index (χ2v) is 7.40. The molecule has 1 aliphatic rings. The third kappa shape index (κ3) is 4.51. The van der Waals surface area contributed by atoms with Gasteiger partial charge in [0.05, 0.1) is 37.0 Å². The van der Waals surface area contributed by atoms with Crippen LogP contribution < -0.4 is 10.6 Å². The van der Waals surface area contributed by atoms with Gasteiger partial charge in [-0.1, -0.05) is 5.92 Å². The molecule has 1 fully saturated rings. The Kier molecular flexibility index (Phi) is 5.61. The van der Waals surface area contributed by atoms with E-state index in [1.54, 1.807) is 12.3 Å². The SMILES string of the molecule is O=C(C#CCN1CCOCC1)Nc1ccc2ncnc(Nc3ccc4[nH]ncc4c3)c2c1. The Labute approximate surface area is 184 Å². The van der Waals surface area contributed by atoms with Crippen LogP contribution in [0.4, 0.5) is 17.2 Å². The van der Waals surface area contributed by atoms with Crippen LogP contribution in [0.2, 0.25) is 0 Å². The molecule has 0 saturated carbocycles. The number of aromatic nitrogens is 4. The summed E-state index contributed by atoms with van der Waals surface area (Å²) in [6, 6.07) is 11.4. The van der Waals surface area contributed by atoms with E-state index >= 15 is 0 Å². The molecule has 1 amide bonds. The Morgan fingerprint density at radius 2 is 2.00 bits per heavy atom. The van der Waals surface area contributed by atoms with Crippen molar-refractivity contribution < 1.29 is 9.53 Å². The largest absolute Gasteiger partial charge is 0.379 e. The molecule has 3 N–H and O–H groups in total. The summed E-state index contributed by atoms with van der Waals surface area (Å²) in [4.78, 5) is 23.2. The first-order chi connectivity index (χ1) is 15.7. The molecule has 32 heavy (non-hydrogen) atoms. The van der Waals surface area contributed by atoms with Gasteiger partial charge in [0.15, 0.2) is 0 Å². The van der Waals surface area contributed by atoms with Crippen LogP contribution in [-0.2, 0) is 9.53 Å². The van der Waals surface area contributed by atoms with Crippen LogP contribution >= 0.6 is 0 Å². The monoisotopic (exact) mass is 427 g/mol. The summed E-state index contributed by atoms with van der Waals surface area (Å²) in [6.07, 6.45) is 3.28. The molecule has 1 saturated heterocycles. The molecule has 0 radical (unpaired) electrons. The minimum atomic E-state index is -0.352. The molecule has 5 rings (SSSR count). The molecule has 0 bridgehead atoms. The summed E-state index contributed by atoms with van der Waals surface area (Å²) in [5, 5.41) is 14.9. The number of H-pyrrole nitrogens is 1. The summed E-state index contributed by atoms with van der Waals surface area (Å²) in [5.41, 5.74) is 3.24. The number of aromatic amines is 1. The number of fused-ring (bicyclic) bond motifs is 2. The van der Waals surface area contributed by atoms with Crippen molar-refractivity contribution in [2.45, 2.75) is 0 Å². The van der Waals surface area contributed by atoms with Crippen molar-refractivity contribution >= 4 is 44.9 Å². The molecular formula is C23H21N7O2. The fraction of sp³-hybridized carbons (Fsp3) is 0.217. The van der Waals surface area contributed by atoms with Gasteiger partial charge >= 0.3 is 0 Å². The quantitative estimate of drug-likeness (QED) is 0.430. The van der Waals surface area contributed by atoms with E-state index in [1.165, 1.54) is 6.33 Å². The third-order valence-corrected chi connectivity index (χ3v) is 5.20. The van der Waals surface area contributed by atoms with Gasteiger partial charge in [0, 0.05) is 35.2 Å². The Bertz CT molecular complexity index is 1330. The lowest BCUT2D eigenvalue weighted by molar-refractivity contribution is -0.111. The molecular weight excluding hydrogens is 406 g/mol. The minimum Gasteiger partial charge on any atom is -0.379 e. The van der Waals surface area contributed by atoms with Gasteiger partial charge < -0.3 is 15.4 Å². The average Bonchev–Trinajstić information content (AvgIpc) is 3.28. The number of carbonyl (C=O) groups is 1. The molecule has 2 aromatic carbocycles. The number of ether oxygens (including phenoxy) is 1. The highest BCUT2D eigenvalue weighted by atomic mass is 16.5. The third-order valence-electron chi connectivity index (χ3n) is 5.20. The van der Waals surface area contributed by atoms with E-state index in [1.807, 2.05) is 30.3 Å². The zero-order chi connectivity index (χ0) is 21.8. The van der Waals surface area contributed by atoms with Gasteiger partial charge in [-0.3, -0.25) is 14.8 Å². The van der Waals surface area contributed by atoms with Crippen LogP contribution in [0.15, 0.2) is 48.9 Å². The van der Waals surface area contributed by atoms with Crippen LogP contribution in [-0.4, -0.2) is 63.8 Å². The Balaban J connectivity index is 1.32. The molecule has 3 heterocycles. The lowest BCUT2D eigenvalue weighted by atomic mass is 10.2. The summed E-state index contributed by atoms with van der Waals surface area (Å²) in [5.74, 6) is 5.88. The zero-order valence-electron chi connectivity index (χ0n) is 17.3. The number of nitrogens with one attached hydrogen (secondary N) is 3. The van der Waals surface area contributed by atoms with E-state index < -0.39 is 0 Å². The zero-order valence-corrected chi connectivity index (χ0v) is 17.3. The summed E-state index contributed by atoms with van der Waals surface area (Å²) >= 11 is 0. The van der Waals surface area contributed by atoms with Crippen LogP contribution in [0.3, 0.4) is 0 Å². The van der Waals surface area contributed by atoms with Crippen molar-refractivity contribution in [2.75, 3.05) is 43.5 Å². The highest BCUT2D eigenvalue weighted by Crippen LogP contribution is 2.27. The molecule has 9 heteroatoms. The highest BCUT2D eigenvalue weighted by molar-refractivity contribution is 6.05. The topological polar surface area (TPSA) is 108 Å². The predicted octanol–water partition coefficient (Wildman–Crippen LogP) is 2.52. The summed E-state index contributed by atoms with van der Waals surface area (Å²) in [6.45, 7) is 3.64. The molecule has 2 aromatic heterocycles. The Morgan fingerprint density at radius 1 is 1.12 bits per heavy atom. The minimum absolute atomic E-state index is 0.352. The van der Waals surface area contributed by atoms with Crippen molar-refractivity contribution in [1.82, 2.24) is 25.1 Å². The number of morpholine rings is 1. The van der Waals surface area contributed by atoms with Crippen LogP contribution in [0.25, 0.3) is 21.8 Å².